The summed E-state index contributed by atoms with van der Waals surface area (Å²) in [6.07, 6.45) is 0.936. The number of para-hydroxylation sites is 1. The maximum atomic E-state index is 13.8. The Hall–Kier alpha value is -2.76. The average Bonchev–Trinajstić information content (AvgIpc) is 3.18. The van der Waals surface area contributed by atoms with Crippen molar-refractivity contribution in [2.75, 3.05) is 20.8 Å². The fraction of sp³-hybridized carbons (Fsp3) is 0.381. The first-order chi connectivity index (χ1) is 13.0. The third-order valence-electron chi connectivity index (χ3n) is 4.82. The number of carbonyl (C=O) groups excluding carboxylic acids is 1. The van der Waals surface area contributed by atoms with Crippen molar-refractivity contribution in [1.29, 1.82) is 0 Å². The van der Waals surface area contributed by atoms with Gasteiger partial charge in [0.2, 0.25) is 0 Å². The molecule has 144 valence electrons. The summed E-state index contributed by atoms with van der Waals surface area (Å²) in [6, 6.07) is 11.6. The second kappa shape index (κ2) is 8.29. The standard InChI is InChI=1S/C21H24FNO4/c1-14(27-19-9-5-4-7-17(19)22)21(24)23-12-6-8-18(23)16-11-10-15(25-2)13-20(16)26-3/h4-5,7,9-11,13-14,18H,6,8,12H2,1-3H3/t14-,18+/m1/s1. The highest BCUT2D eigenvalue weighted by Crippen LogP contribution is 2.39. The van der Waals surface area contributed by atoms with Gasteiger partial charge in [-0.25, -0.2) is 4.39 Å². The molecule has 5 nitrogen and oxygen atoms in total. The van der Waals surface area contributed by atoms with E-state index in [2.05, 4.69) is 0 Å². The lowest BCUT2D eigenvalue weighted by atomic mass is 10.0. The number of nitrogens with zero attached hydrogens (tertiary/aromatic N) is 1. The zero-order valence-corrected chi connectivity index (χ0v) is 15.8. The van der Waals surface area contributed by atoms with Crippen LogP contribution in [0.2, 0.25) is 0 Å². The van der Waals surface area contributed by atoms with E-state index in [0.717, 1.165) is 18.4 Å². The molecule has 0 bridgehead atoms. The average molecular weight is 373 g/mol. The molecular formula is C21H24FNO4. The molecule has 3 rings (SSSR count). The molecular weight excluding hydrogens is 349 g/mol. The van der Waals surface area contributed by atoms with Crippen LogP contribution in [0.5, 0.6) is 17.2 Å². The van der Waals surface area contributed by atoms with Crippen LogP contribution in [0, 0.1) is 5.82 Å². The molecule has 0 N–H and O–H groups in total. The minimum atomic E-state index is -0.785. The van der Waals surface area contributed by atoms with Crippen LogP contribution in [0.1, 0.15) is 31.4 Å². The zero-order chi connectivity index (χ0) is 19.4. The minimum absolute atomic E-state index is 0.0797. The molecule has 0 unspecified atom stereocenters. The molecule has 1 fully saturated rings. The van der Waals surface area contributed by atoms with Gasteiger partial charge in [0.05, 0.1) is 20.3 Å². The van der Waals surface area contributed by atoms with E-state index in [1.165, 1.54) is 12.1 Å². The van der Waals surface area contributed by atoms with Gasteiger partial charge in [-0.2, -0.15) is 0 Å². The molecule has 2 atom stereocenters. The highest BCUT2D eigenvalue weighted by Gasteiger charge is 2.35. The first-order valence-electron chi connectivity index (χ1n) is 8.98. The zero-order valence-electron chi connectivity index (χ0n) is 15.8. The Kier molecular flexibility index (Phi) is 5.84. The van der Waals surface area contributed by atoms with Crippen molar-refractivity contribution >= 4 is 5.91 Å². The summed E-state index contributed by atoms with van der Waals surface area (Å²) in [5.41, 5.74) is 0.933. The monoisotopic (exact) mass is 373 g/mol. The summed E-state index contributed by atoms with van der Waals surface area (Å²) >= 11 is 0. The van der Waals surface area contributed by atoms with Gasteiger partial charge in [0.1, 0.15) is 11.5 Å². The van der Waals surface area contributed by atoms with Gasteiger partial charge in [-0.15, -0.1) is 0 Å². The molecule has 1 saturated heterocycles. The Labute approximate surface area is 158 Å². The highest BCUT2D eigenvalue weighted by molar-refractivity contribution is 5.81. The molecule has 0 radical (unpaired) electrons. The first kappa shape index (κ1) is 19.0. The van der Waals surface area contributed by atoms with Gasteiger partial charge in [0, 0.05) is 18.2 Å². The van der Waals surface area contributed by atoms with Gasteiger partial charge < -0.3 is 19.1 Å². The third-order valence-corrected chi connectivity index (χ3v) is 4.82. The van der Waals surface area contributed by atoms with Crippen LogP contribution >= 0.6 is 0 Å². The summed E-state index contributed by atoms with van der Waals surface area (Å²) in [5, 5.41) is 0. The molecule has 1 aliphatic heterocycles. The molecule has 27 heavy (non-hydrogen) atoms. The number of carbonyl (C=O) groups is 1. The lowest BCUT2D eigenvalue weighted by Gasteiger charge is -2.29. The minimum Gasteiger partial charge on any atom is -0.497 e. The van der Waals surface area contributed by atoms with Crippen LogP contribution in [-0.2, 0) is 4.79 Å². The molecule has 2 aromatic rings. The normalized spacial score (nSPS) is 17.5. The summed E-state index contributed by atoms with van der Waals surface area (Å²) < 4.78 is 30.2. The predicted octanol–water partition coefficient (Wildman–Crippen LogP) is 3.97. The second-order valence-corrected chi connectivity index (χ2v) is 6.49. The SMILES string of the molecule is COc1ccc([C@@H]2CCCN2C(=O)[C@@H](C)Oc2ccccc2F)c(OC)c1. The third kappa shape index (κ3) is 3.99. The van der Waals surface area contributed by atoms with Gasteiger partial charge in [0.15, 0.2) is 17.7 Å². The van der Waals surface area contributed by atoms with Crippen LogP contribution in [-0.4, -0.2) is 37.7 Å². The van der Waals surface area contributed by atoms with Crippen molar-refractivity contribution < 1.29 is 23.4 Å². The fourth-order valence-corrected chi connectivity index (χ4v) is 3.46. The number of likely N-dealkylation sites (tertiary alicyclic amines) is 1. The summed E-state index contributed by atoms with van der Waals surface area (Å²) in [7, 11) is 3.20. The van der Waals surface area contributed by atoms with Crippen molar-refractivity contribution in [2.45, 2.75) is 31.9 Å². The molecule has 0 spiro atoms. The Bertz CT molecular complexity index is 811. The summed E-state index contributed by atoms with van der Waals surface area (Å²) in [6.45, 7) is 2.28. The van der Waals surface area contributed by atoms with Crippen LogP contribution in [0.15, 0.2) is 42.5 Å². The molecule has 6 heteroatoms. The second-order valence-electron chi connectivity index (χ2n) is 6.49. The maximum Gasteiger partial charge on any atom is 0.263 e. The fourth-order valence-electron chi connectivity index (χ4n) is 3.46. The lowest BCUT2D eigenvalue weighted by molar-refractivity contribution is -0.139. The van der Waals surface area contributed by atoms with Crippen LogP contribution in [0.4, 0.5) is 4.39 Å². The van der Waals surface area contributed by atoms with Crippen molar-refractivity contribution in [3.63, 3.8) is 0 Å². The van der Waals surface area contributed by atoms with Crippen LogP contribution in [0.25, 0.3) is 0 Å². The van der Waals surface area contributed by atoms with Crippen LogP contribution < -0.4 is 14.2 Å². The van der Waals surface area contributed by atoms with Crippen LogP contribution in [0.3, 0.4) is 0 Å². The molecule has 0 aromatic heterocycles. The number of halogens is 1. The lowest BCUT2D eigenvalue weighted by Crippen LogP contribution is -2.40. The topological polar surface area (TPSA) is 48.0 Å². The Balaban J connectivity index is 1.79. The van der Waals surface area contributed by atoms with Gasteiger partial charge >= 0.3 is 0 Å². The van der Waals surface area contributed by atoms with E-state index in [1.807, 2.05) is 18.2 Å². The number of methoxy groups -OCH3 is 2. The van der Waals surface area contributed by atoms with E-state index in [4.69, 9.17) is 14.2 Å². The number of hydrogen-bond acceptors (Lipinski definition) is 4. The largest absolute Gasteiger partial charge is 0.497 e. The molecule has 1 aliphatic rings. The smallest absolute Gasteiger partial charge is 0.263 e. The molecule has 2 aromatic carbocycles. The number of hydrogen-bond donors (Lipinski definition) is 0. The van der Waals surface area contributed by atoms with E-state index in [9.17, 15) is 9.18 Å². The quantitative estimate of drug-likeness (QED) is 0.769. The number of ether oxygens (including phenoxy) is 3. The Morgan fingerprint density at radius 2 is 1.93 bits per heavy atom. The molecule has 1 heterocycles. The Morgan fingerprint density at radius 1 is 1.15 bits per heavy atom. The van der Waals surface area contributed by atoms with Crippen molar-refractivity contribution in [1.82, 2.24) is 4.90 Å². The van der Waals surface area contributed by atoms with Crippen molar-refractivity contribution in [3.8, 4) is 17.2 Å². The predicted molar refractivity (Wildman–Crippen MR) is 99.7 cm³/mol. The molecule has 0 saturated carbocycles. The van der Waals surface area contributed by atoms with E-state index in [1.54, 1.807) is 38.2 Å². The van der Waals surface area contributed by atoms with E-state index in [-0.39, 0.29) is 17.7 Å². The molecule has 1 amide bonds. The summed E-state index contributed by atoms with van der Waals surface area (Å²) in [5.74, 6) is 0.811. The van der Waals surface area contributed by atoms with Crippen molar-refractivity contribution in [3.05, 3.63) is 53.8 Å². The highest BCUT2D eigenvalue weighted by atomic mass is 19.1. The van der Waals surface area contributed by atoms with E-state index >= 15 is 0 Å². The summed E-state index contributed by atoms with van der Waals surface area (Å²) in [4.78, 5) is 14.8. The first-order valence-corrected chi connectivity index (χ1v) is 8.98. The number of benzene rings is 2. The van der Waals surface area contributed by atoms with Gasteiger partial charge in [0.25, 0.3) is 5.91 Å². The van der Waals surface area contributed by atoms with Gasteiger partial charge in [-0.05, 0) is 44.0 Å². The van der Waals surface area contributed by atoms with Gasteiger partial charge in [-0.3, -0.25) is 4.79 Å². The van der Waals surface area contributed by atoms with E-state index in [0.29, 0.717) is 18.0 Å². The van der Waals surface area contributed by atoms with E-state index < -0.39 is 11.9 Å². The maximum absolute atomic E-state index is 13.8. The van der Waals surface area contributed by atoms with Gasteiger partial charge in [-0.1, -0.05) is 12.1 Å². The number of amides is 1. The van der Waals surface area contributed by atoms with Crippen molar-refractivity contribution in [2.24, 2.45) is 0 Å². The Morgan fingerprint density at radius 3 is 2.63 bits per heavy atom. The number of rotatable bonds is 6. The molecule has 0 aliphatic carbocycles.